The van der Waals surface area contributed by atoms with Crippen molar-refractivity contribution in [2.45, 2.75) is 19.1 Å². The molecular formula is C14H15N3O5. The normalized spacial score (nSPS) is 19.4. The molecule has 1 aliphatic heterocycles. The molecule has 8 heteroatoms. The van der Waals surface area contributed by atoms with Gasteiger partial charge in [0.25, 0.3) is 0 Å². The first-order valence-corrected chi connectivity index (χ1v) is 6.66. The number of aromatic nitrogens is 2. The molecule has 3 rings (SSSR count). The van der Waals surface area contributed by atoms with Crippen LogP contribution in [-0.4, -0.2) is 33.8 Å². The van der Waals surface area contributed by atoms with Gasteiger partial charge >= 0.3 is 11.8 Å². The highest BCUT2D eigenvalue weighted by atomic mass is 16.6. The molecule has 2 heterocycles. The molecule has 1 aliphatic rings. The van der Waals surface area contributed by atoms with Crippen LogP contribution in [-0.2, 0) is 6.54 Å². The lowest BCUT2D eigenvalue weighted by atomic mass is 10.1. The molecule has 0 saturated heterocycles. The third-order valence-corrected chi connectivity index (χ3v) is 3.36. The summed E-state index contributed by atoms with van der Waals surface area (Å²) in [6.45, 7) is 2.62. The number of nitrogens with zero attached hydrogens (tertiary/aromatic N) is 3. The highest BCUT2D eigenvalue weighted by Gasteiger charge is 2.41. The molecule has 8 nitrogen and oxygen atoms in total. The van der Waals surface area contributed by atoms with Crippen LogP contribution >= 0.6 is 0 Å². The molecule has 22 heavy (non-hydrogen) atoms. The summed E-state index contributed by atoms with van der Waals surface area (Å²) in [5, 5.41) is 10.7. The zero-order chi connectivity index (χ0) is 15.7. The van der Waals surface area contributed by atoms with E-state index in [-0.39, 0.29) is 11.8 Å². The van der Waals surface area contributed by atoms with Gasteiger partial charge in [-0.1, -0.05) is 0 Å². The third-order valence-electron chi connectivity index (χ3n) is 3.36. The van der Waals surface area contributed by atoms with Crippen LogP contribution in [0.2, 0.25) is 0 Å². The van der Waals surface area contributed by atoms with Crippen molar-refractivity contribution in [1.29, 1.82) is 0 Å². The molecule has 2 aromatic rings. The van der Waals surface area contributed by atoms with Gasteiger partial charge in [0.15, 0.2) is 5.60 Å². The summed E-state index contributed by atoms with van der Waals surface area (Å²) in [6, 6.07) is 7.47. The molecule has 116 valence electrons. The maximum Gasteiger partial charge on any atom is 0.415 e. The van der Waals surface area contributed by atoms with Crippen LogP contribution in [0.3, 0.4) is 0 Å². The predicted octanol–water partition coefficient (Wildman–Crippen LogP) is 2.03. The van der Waals surface area contributed by atoms with Crippen LogP contribution in [0.4, 0.5) is 5.82 Å². The van der Waals surface area contributed by atoms with Gasteiger partial charge in [-0.15, -0.1) is 0 Å². The fourth-order valence-corrected chi connectivity index (χ4v) is 2.26. The smallest absolute Gasteiger partial charge is 0.415 e. The van der Waals surface area contributed by atoms with E-state index in [1.54, 1.807) is 23.8 Å². The molecule has 0 saturated carbocycles. The average Bonchev–Trinajstić information content (AvgIpc) is 3.01. The second-order valence-electron chi connectivity index (χ2n) is 5.28. The molecule has 0 radical (unpaired) electrons. The first kappa shape index (κ1) is 14.2. The van der Waals surface area contributed by atoms with Crippen molar-refractivity contribution >= 4 is 5.82 Å². The summed E-state index contributed by atoms with van der Waals surface area (Å²) < 4.78 is 18.1. The van der Waals surface area contributed by atoms with Crippen molar-refractivity contribution < 1.29 is 19.1 Å². The van der Waals surface area contributed by atoms with E-state index < -0.39 is 10.5 Å². The Labute approximate surface area is 126 Å². The topological polar surface area (TPSA) is 88.7 Å². The molecule has 0 bridgehead atoms. The van der Waals surface area contributed by atoms with Crippen molar-refractivity contribution in [1.82, 2.24) is 9.55 Å². The summed E-state index contributed by atoms with van der Waals surface area (Å²) in [5.41, 5.74) is -0.614. The van der Waals surface area contributed by atoms with Gasteiger partial charge in [0.2, 0.25) is 0 Å². The van der Waals surface area contributed by atoms with Gasteiger partial charge in [0.1, 0.15) is 24.3 Å². The summed E-state index contributed by atoms with van der Waals surface area (Å²) in [5.74, 6) is 1.23. The van der Waals surface area contributed by atoms with E-state index in [0.29, 0.717) is 18.9 Å². The lowest BCUT2D eigenvalue weighted by molar-refractivity contribution is -0.389. The second kappa shape index (κ2) is 5.21. The number of imidazole rings is 1. The molecular weight excluding hydrogens is 290 g/mol. The highest BCUT2D eigenvalue weighted by Crippen LogP contribution is 2.31. The molecule has 1 aromatic heterocycles. The van der Waals surface area contributed by atoms with E-state index in [1.807, 2.05) is 19.1 Å². The fraction of sp³-hybridized carbons (Fsp3) is 0.357. The average molecular weight is 305 g/mol. The van der Waals surface area contributed by atoms with Crippen molar-refractivity contribution in [3.8, 4) is 17.5 Å². The minimum atomic E-state index is -0.614. The van der Waals surface area contributed by atoms with Crippen molar-refractivity contribution in [2.24, 2.45) is 0 Å². The quantitative estimate of drug-likeness (QED) is 0.620. The monoisotopic (exact) mass is 305 g/mol. The number of hydrogen-bond acceptors (Lipinski definition) is 6. The lowest BCUT2D eigenvalue weighted by Crippen LogP contribution is -2.38. The summed E-state index contributed by atoms with van der Waals surface area (Å²) >= 11 is 0. The van der Waals surface area contributed by atoms with Gasteiger partial charge in [0.05, 0.1) is 13.7 Å². The van der Waals surface area contributed by atoms with Crippen molar-refractivity contribution in [3.63, 3.8) is 0 Å². The van der Waals surface area contributed by atoms with E-state index in [4.69, 9.17) is 14.2 Å². The molecule has 1 aromatic carbocycles. The summed E-state index contributed by atoms with van der Waals surface area (Å²) in [4.78, 5) is 14.0. The number of benzene rings is 1. The molecule has 0 fully saturated rings. The van der Waals surface area contributed by atoms with Crippen LogP contribution in [0.1, 0.15) is 6.92 Å². The number of hydrogen-bond donors (Lipinski definition) is 0. The SMILES string of the molecule is COc1ccc(OC[C@@]2(C)Cn3cc([N+](=O)[O-])nc3O2)cc1. The number of methoxy groups -OCH3 is 1. The molecule has 0 spiro atoms. The van der Waals surface area contributed by atoms with Crippen LogP contribution in [0.25, 0.3) is 0 Å². The first-order valence-electron chi connectivity index (χ1n) is 6.66. The number of rotatable bonds is 5. The van der Waals surface area contributed by atoms with E-state index in [2.05, 4.69) is 4.98 Å². The van der Waals surface area contributed by atoms with Gasteiger partial charge in [-0.2, -0.15) is 0 Å². The molecule has 0 unspecified atom stereocenters. The molecule has 0 amide bonds. The third kappa shape index (κ3) is 2.67. The van der Waals surface area contributed by atoms with Gasteiger partial charge in [0, 0.05) is 4.98 Å². The molecule has 0 N–H and O–H groups in total. The van der Waals surface area contributed by atoms with Gasteiger partial charge in [-0.25, -0.2) is 0 Å². The predicted molar refractivity (Wildman–Crippen MR) is 76.4 cm³/mol. The molecule has 0 aliphatic carbocycles. The number of fused-ring (bicyclic) bond motifs is 1. The van der Waals surface area contributed by atoms with Crippen LogP contribution < -0.4 is 14.2 Å². The number of ether oxygens (including phenoxy) is 3. The van der Waals surface area contributed by atoms with Crippen LogP contribution in [0.15, 0.2) is 30.5 Å². The highest BCUT2D eigenvalue weighted by molar-refractivity contribution is 5.31. The molecule has 1 atom stereocenters. The Morgan fingerprint density at radius 1 is 1.41 bits per heavy atom. The van der Waals surface area contributed by atoms with Crippen LogP contribution in [0.5, 0.6) is 17.5 Å². The Bertz CT molecular complexity index is 672. The van der Waals surface area contributed by atoms with Gasteiger partial charge in [-0.05, 0) is 36.1 Å². The Hall–Kier alpha value is -2.77. The van der Waals surface area contributed by atoms with Crippen molar-refractivity contribution in [2.75, 3.05) is 13.7 Å². The Morgan fingerprint density at radius 2 is 2.09 bits per heavy atom. The summed E-state index contributed by atoms with van der Waals surface area (Å²) in [7, 11) is 1.60. The first-order chi connectivity index (χ1) is 10.5. The maximum absolute atomic E-state index is 10.7. The minimum absolute atomic E-state index is 0.215. The van der Waals surface area contributed by atoms with Gasteiger partial charge in [-0.3, -0.25) is 4.57 Å². The summed E-state index contributed by atoms with van der Waals surface area (Å²) in [6.07, 6.45) is 1.37. The Kier molecular flexibility index (Phi) is 3.36. The largest absolute Gasteiger partial charge is 0.497 e. The Balaban J connectivity index is 1.63. The zero-order valence-electron chi connectivity index (χ0n) is 12.2. The van der Waals surface area contributed by atoms with E-state index in [9.17, 15) is 10.1 Å². The van der Waals surface area contributed by atoms with Crippen molar-refractivity contribution in [3.05, 3.63) is 40.6 Å². The van der Waals surface area contributed by atoms with Gasteiger partial charge < -0.3 is 24.3 Å². The fourth-order valence-electron chi connectivity index (χ4n) is 2.26. The lowest BCUT2D eigenvalue weighted by Gasteiger charge is -2.22. The number of nitro groups is 1. The second-order valence-corrected chi connectivity index (χ2v) is 5.28. The van der Waals surface area contributed by atoms with E-state index >= 15 is 0 Å². The van der Waals surface area contributed by atoms with Crippen LogP contribution in [0, 0.1) is 10.1 Å². The minimum Gasteiger partial charge on any atom is -0.497 e. The van der Waals surface area contributed by atoms with E-state index in [0.717, 1.165) is 5.75 Å². The zero-order valence-corrected chi connectivity index (χ0v) is 12.2. The Morgan fingerprint density at radius 3 is 2.68 bits per heavy atom. The van der Waals surface area contributed by atoms with E-state index in [1.165, 1.54) is 6.20 Å². The standard InChI is InChI=1S/C14H15N3O5/c1-14(9-21-11-5-3-10(20-2)4-6-11)8-16-7-12(17(18)19)15-13(16)22-14/h3-7H,8-9H2,1-2H3/t14-/m1/s1. The maximum atomic E-state index is 10.7.